The van der Waals surface area contributed by atoms with Gasteiger partial charge >= 0.3 is 0 Å². The lowest BCUT2D eigenvalue weighted by Gasteiger charge is -2.11. The fraction of sp³-hybridized carbons (Fsp3) is 0.273. The van der Waals surface area contributed by atoms with E-state index in [1.165, 1.54) is 24.3 Å². The Kier molecular flexibility index (Phi) is 3.88. The molecular formula is C11H14N2O3. The minimum Gasteiger partial charge on any atom is -0.508 e. The van der Waals surface area contributed by atoms with Crippen LogP contribution in [0.5, 0.6) is 5.75 Å². The molecule has 4 N–H and O–H groups in total. The predicted octanol–water partition coefficient (Wildman–Crippen LogP) is 0.386. The average Bonchev–Trinajstić information content (AvgIpc) is 2.16. The van der Waals surface area contributed by atoms with E-state index in [0.29, 0.717) is 5.56 Å². The van der Waals surface area contributed by atoms with Crippen molar-refractivity contribution < 1.29 is 14.7 Å². The fourth-order valence-electron chi connectivity index (χ4n) is 1.27. The molecule has 2 amide bonds. The van der Waals surface area contributed by atoms with Crippen LogP contribution in [0.4, 0.5) is 0 Å². The van der Waals surface area contributed by atoms with Gasteiger partial charge < -0.3 is 16.2 Å². The number of hydrogen-bond donors (Lipinski definition) is 3. The van der Waals surface area contributed by atoms with Gasteiger partial charge in [0.1, 0.15) is 5.75 Å². The van der Waals surface area contributed by atoms with Crippen molar-refractivity contribution in [2.24, 2.45) is 5.73 Å². The molecular weight excluding hydrogens is 208 g/mol. The van der Waals surface area contributed by atoms with Gasteiger partial charge in [-0.3, -0.25) is 9.59 Å². The van der Waals surface area contributed by atoms with Crippen LogP contribution >= 0.6 is 0 Å². The lowest BCUT2D eigenvalue weighted by molar-refractivity contribution is -0.118. The number of rotatable bonds is 4. The van der Waals surface area contributed by atoms with Crippen LogP contribution in [0, 0.1) is 0 Å². The molecule has 1 aromatic rings. The summed E-state index contributed by atoms with van der Waals surface area (Å²) in [6.07, 6.45) is 0.101. The van der Waals surface area contributed by atoms with Gasteiger partial charge in [0.05, 0.1) is 0 Å². The molecule has 0 aliphatic carbocycles. The number of nitrogens with two attached hydrogens (primary N) is 1. The summed E-state index contributed by atoms with van der Waals surface area (Å²) in [6, 6.07) is 5.55. The van der Waals surface area contributed by atoms with Crippen LogP contribution in [0.15, 0.2) is 24.3 Å². The fourth-order valence-corrected chi connectivity index (χ4v) is 1.27. The van der Waals surface area contributed by atoms with E-state index in [1.54, 1.807) is 6.92 Å². The van der Waals surface area contributed by atoms with Gasteiger partial charge in [0.25, 0.3) is 5.91 Å². The lowest BCUT2D eigenvalue weighted by Crippen LogP contribution is -2.35. The first-order valence-corrected chi connectivity index (χ1v) is 4.87. The van der Waals surface area contributed by atoms with Crippen LogP contribution in [0.2, 0.25) is 0 Å². The molecule has 0 saturated carbocycles. The zero-order valence-corrected chi connectivity index (χ0v) is 8.93. The molecule has 1 atom stereocenters. The summed E-state index contributed by atoms with van der Waals surface area (Å²) in [5.74, 6) is -0.658. The number of carbonyl (C=O) groups excluding carboxylic acids is 2. The van der Waals surface area contributed by atoms with Gasteiger partial charge in [-0.15, -0.1) is 0 Å². The lowest BCUT2D eigenvalue weighted by atomic mass is 10.1. The third-order valence-electron chi connectivity index (χ3n) is 2.01. The molecule has 0 spiro atoms. The second-order valence-corrected chi connectivity index (χ2v) is 3.59. The maximum atomic E-state index is 11.6. The molecule has 0 fully saturated rings. The van der Waals surface area contributed by atoms with Crippen LogP contribution in [0.25, 0.3) is 0 Å². The van der Waals surface area contributed by atoms with E-state index in [-0.39, 0.29) is 24.1 Å². The number of carbonyl (C=O) groups is 2. The molecule has 0 bridgehead atoms. The quantitative estimate of drug-likeness (QED) is 0.687. The Bertz CT molecular complexity index is 387. The number of phenolic OH excluding ortho intramolecular Hbond substituents is 1. The van der Waals surface area contributed by atoms with Crippen molar-refractivity contribution >= 4 is 11.8 Å². The van der Waals surface area contributed by atoms with Crippen molar-refractivity contribution in [3.8, 4) is 5.75 Å². The Labute approximate surface area is 93.3 Å². The first-order valence-electron chi connectivity index (χ1n) is 4.87. The Morgan fingerprint density at radius 3 is 2.44 bits per heavy atom. The van der Waals surface area contributed by atoms with Crippen molar-refractivity contribution in [2.75, 3.05) is 0 Å². The topological polar surface area (TPSA) is 92.4 Å². The molecule has 1 aromatic carbocycles. The predicted molar refractivity (Wildman–Crippen MR) is 58.8 cm³/mol. The zero-order valence-electron chi connectivity index (χ0n) is 8.93. The van der Waals surface area contributed by atoms with E-state index in [0.717, 1.165) is 0 Å². The summed E-state index contributed by atoms with van der Waals surface area (Å²) >= 11 is 0. The zero-order chi connectivity index (χ0) is 12.1. The van der Waals surface area contributed by atoms with Crippen LogP contribution in [-0.4, -0.2) is 23.0 Å². The van der Waals surface area contributed by atoms with Crippen LogP contribution in [0.3, 0.4) is 0 Å². The number of hydrogen-bond acceptors (Lipinski definition) is 3. The minimum absolute atomic E-state index is 0.0988. The summed E-state index contributed by atoms with van der Waals surface area (Å²) in [6.45, 7) is 1.70. The van der Waals surface area contributed by atoms with Crippen LogP contribution in [0.1, 0.15) is 23.7 Å². The highest BCUT2D eigenvalue weighted by atomic mass is 16.3. The Morgan fingerprint density at radius 2 is 1.94 bits per heavy atom. The SMILES string of the molecule is CC(CC(N)=O)NC(=O)c1ccc(O)cc1. The van der Waals surface area contributed by atoms with Gasteiger partial charge in [-0.25, -0.2) is 0 Å². The summed E-state index contributed by atoms with van der Waals surface area (Å²) in [7, 11) is 0. The summed E-state index contributed by atoms with van der Waals surface area (Å²) < 4.78 is 0. The molecule has 86 valence electrons. The van der Waals surface area contributed by atoms with E-state index >= 15 is 0 Å². The Balaban J connectivity index is 2.58. The van der Waals surface area contributed by atoms with Crippen molar-refractivity contribution in [2.45, 2.75) is 19.4 Å². The van der Waals surface area contributed by atoms with Crippen LogP contribution in [-0.2, 0) is 4.79 Å². The molecule has 0 saturated heterocycles. The number of nitrogens with one attached hydrogen (secondary N) is 1. The van der Waals surface area contributed by atoms with Gasteiger partial charge in [0.2, 0.25) is 5.91 Å². The van der Waals surface area contributed by atoms with Crippen molar-refractivity contribution in [1.82, 2.24) is 5.32 Å². The molecule has 0 aliphatic heterocycles. The van der Waals surface area contributed by atoms with Gasteiger partial charge in [-0.1, -0.05) is 0 Å². The number of primary amides is 1. The average molecular weight is 222 g/mol. The highest BCUT2D eigenvalue weighted by Gasteiger charge is 2.11. The van der Waals surface area contributed by atoms with E-state index in [1.807, 2.05) is 0 Å². The number of phenols is 1. The Morgan fingerprint density at radius 1 is 1.38 bits per heavy atom. The molecule has 16 heavy (non-hydrogen) atoms. The summed E-state index contributed by atoms with van der Waals surface area (Å²) in [5, 5.41) is 11.7. The third-order valence-corrected chi connectivity index (χ3v) is 2.01. The largest absolute Gasteiger partial charge is 0.508 e. The first-order chi connectivity index (χ1) is 7.49. The number of aromatic hydroxyl groups is 1. The molecule has 0 aromatic heterocycles. The molecule has 0 radical (unpaired) electrons. The van der Waals surface area contributed by atoms with Crippen LogP contribution < -0.4 is 11.1 Å². The van der Waals surface area contributed by atoms with Gasteiger partial charge in [0.15, 0.2) is 0 Å². The maximum Gasteiger partial charge on any atom is 0.251 e. The summed E-state index contributed by atoms with van der Waals surface area (Å²) in [5.41, 5.74) is 5.43. The third kappa shape index (κ3) is 3.61. The maximum absolute atomic E-state index is 11.6. The van der Waals surface area contributed by atoms with Crippen molar-refractivity contribution in [3.63, 3.8) is 0 Å². The second-order valence-electron chi connectivity index (χ2n) is 3.59. The van der Waals surface area contributed by atoms with Crippen molar-refractivity contribution in [1.29, 1.82) is 0 Å². The molecule has 1 rings (SSSR count). The van der Waals surface area contributed by atoms with E-state index < -0.39 is 5.91 Å². The van der Waals surface area contributed by atoms with Gasteiger partial charge in [-0.2, -0.15) is 0 Å². The molecule has 0 aliphatic rings. The van der Waals surface area contributed by atoms with E-state index in [4.69, 9.17) is 10.8 Å². The monoisotopic (exact) mass is 222 g/mol. The van der Waals surface area contributed by atoms with E-state index in [2.05, 4.69) is 5.32 Å². The highest BCUT2D eigenvalue weighted by Crippen LogP contribution is 2.09. The molecule has 5 nitrogen and oxygen atoms in total. The van der Waals surface area contributed by atoms with E-state index in [9.17, 15) is 9.59 Å². The molecule has 5 heteroatoms. The summed E-state index contributed by atoms with van der Waals surface area (Å²) in [4.78, 5) is 22.2. The minimum atomic E-state index is -0.460. The van der Waals surface area contributed by atoms with Gasteiger partial charge in [-0.05, 0) is 31.2 Å². The normalized spacial score (nSPS) is 11.8. The first kappa shape index (κ1) is 12.0. The Hall–Kier alpha value is -2.04. The standard InChI is InChI=1S/C11H14N2O3/c1-7(6-10(12)15)13-11(16)8-2-4-9(14)5-3-8/h2-5,7,14H,6H2,1H3,(H2,12,15)(H,13,16). The number of benzene rings is 1. The molecule has 1 unspecified atom stereocenters. The van der Waals surface area contributed by atoms with Gasteiger partial charge in [0, 0.05) is 18.0 Å². The second kappa shape index (κ2) is 5.16. The van der Waals surface area contributed by atoms with Crippen molar-refractivity contribution in [3.05, 3.63) is 29.8 Å². The molecule has 0 heterocycles. The smallest absolute Gasteiger partial charge is 0.251 e. The highest BCUT2D eigenvalue weighted by molar-refractivity contribution is 5.94. The number of amides is 2.